The van der Waals surface area contributed by atoms with Gasteiger partial charge in [0, 0.05) is 67.0 Å². The molecule has 1 saturated carbocycles. The fourth-order valence-electron chi connectivity index (χ4n) is 5.50. The standard InChI is InChI=1S/C28H36N8/c1-18-7-5-9-21(11-19(2)29)26(18)33-28-25(24-14-32-36(4)17-24)15-30-27(34-28)22-10-6-8-20(12-22)23-13-31-35(3)16-23/h6,8,10,12-19,21,26H,5,7,9,11,29H2,1-4H3,(H,30,33,34). The van der Waals surface area contributed by atoms with Crippen molar-refractivity contribution in [2.24, 2.45) is 31.7 Å². The van der Waals surface area contributed by atoms with E-state index in [0.717, 1.165) is 40.1 Å². The first kappa shape index (κ1) is 24.2. The maximum absolute atomic E-state index is 6.24. The Kier molecular flexibility index (Phi) is 6.87. The van der Waals surface area contributed by atoms with E-state index >= 15 is 0 Å². The van der Waals surface area contributed by atoms with E-state index in [-0.39, 0.29) is 6.04 Å². The van der Waals surface area contributed by atoms with Gasteiger partial charge in [0.2, 0.25) is 0 Å². The molecule has 8 heteroatoms. The Hall–Kier alpha value is -3.52. The molecule has 188 valence electrons. The summed E-state index contributed by atoms with van der Waals surface area (Å²) in [7, 11) is 3.86. The highest BCUT2D eigenvalue weighted by molar-refractivity contribution is 5.76. The lowest BCUT2D eigenvalue weighted by atomic mass is 9.75. The molecule has 4 unspecified atom stereocenters. The molecule has 1 fully saturated rings. The Morgan fingerprint density at radius 1 is 1.00 bits per heavy atom. The van der Waals surface area contributed by atoms with Crippen LogP contribution in [0.3, 0.4) is 0 Å². The lowest BCUT2D eigenvalue weighted by Gasteiger charge is -2.38. The van der Waals surface area contributed by atoms with Crippen molar-refractivity contribution in [3.8, 4) is 33.6 Å². The molecule has 3 N–H and O–H groups in total. The predicted octanol–water partition coefficient (Wildman–Crippen LogP) is 4.90. The minimum Gasteiger partial charge on any atom is -0.366 e. The third-order valence-corrected chi connectivity index (χ3v) is 7.30. The summed E-state index contributed by atoms with van der Waals surface area (Å²) >= 11 is 0. The summed E-state index contributed by atoms with van der Waals surface area (Å²) in [5, 5.41) is 12.6. The number of nitrogens with one attached hydrogen (secondary N) is 1. The highest BCUT2D eigenvalue weighted by atomic mass is 15.2. The van der Waals surface area contributed by atoms with E-state index in [1.807, 2.05) is 60.5 Å². The summed E-state index contributed by atoms with van der Waals surface area (Å²) in [6.07, 6.45) is 14.4. The average molecular weight is 485 g/mol. The average Bonchev–Trinajstić information content (AvgIpc) is 3.49. The highest BCUT2D eigenvalue weighted by Gasteiger charge is 2.32. The summed E-state index contributed by atoms with van der Waals surface area (Å²) in [5.41, 5.74) is 11.3. The number of nitrogens with zero attached hydrogens (tertiary/aromatic N) is 6. The van der Waals surface area contributed by atoms with Crippen LogP contribution >= 0.6 is 0 Å². The summed E-state index contributed by atoms with van der Waals surface area (Å²) < 4.78 is 3.62. The van der Waals surface area contributed by atoms with Crippen LogP contribution in [-0.4, -0.2) is 41.6 Å². The third kappa shape index (κ3) is 5.18. The minimum absolute atomic E-state index is 0.179. The first-order valence-corrected chi connectivity index (χ1v) is 12.8. The number of hydrogen-bond acceptors (Lipinski definition) is 6. The van der Waals surface area contributed by atoms with E-state index in [4.69, 9.17) is 15.7 Å². The van der Waals surface area contributed by atoms with E-state index in [1.165, 1.54) is 19.3 Å². The molecule has 8 nitrogen and oxygen atoms in total. The fraction of sp³-hybridized carbons (Fsp3) is 0.429. The smallest absolute Gasteiger partial charge is 0.161 e. The van der Waals surface area contributed by atoms with Gasteiger partial charge in [0.05, 0.1) is 12.4 Å². The molecule has 0 spiro atoms. The minimum atomic E-state index is 0.179. The maximum Gasteiger partial charge on any atom is 0.161 e. The van der Waals surface area contributed by atoms with Crippen molar-refractivity contribution in [1.82, 2.24) is 29.5 Å². The molecule has 3 aromatic heterocycles. The first-order valence-electron chi connectivity index (χ1n) is 12.8. The zero-order valence-corrected chi connectivity index (χ0v) is 21.6. The Bertz CT molecular complexity index is 1320. The molecule has 0 aliphatic heterocycles. The van der Waals surface area contributed by atoms with Crippen molar-refractivity contribution in [1.29, 1.82) is 0 Å². The van der Waals surface area contributed by atoms with Crippen molar-refractivity contribution in [3.63, 3.8) is 0 Å². The van der Waals surface area contributed by atoms with Crippen molar-refractivity contribution < 1.29 is 0 Å². The molecule has 1 aromatic carbocycles. The van der Waals surface area contributed by atoms with Crippen LogP contribution in [0.1, 0.15) is 39.5 Å². The Morgan fingerprint density at radius 2 is 1.72 bits per heavy atom. The number of anilines is 1. The fourth-order valence-corrected chi connectivity index (χ4v) is 5.50. The lowest BCUT2D eigenvalue weighted by Crippen LogP contribution is -2.41. The molecule has 1 aliphatic carbocycles. The van der Waals surface area contributed by atoms with Crippen LogP contribution < -0.4 is 11.1 Å². The molecular formula is C28H36N8. The van der Waals surface area contributed by atoms with Gasteiger partial charge >= 0.3 is 0 Å². The molecule has 3 heterocycles. The van der Waals surface area contributed by atoms with Crippen molar-refractivity contribution >= 4 is 5.82 Å². The number of benzene rings is 1. The molecular weight excluding hydrogens is 448 g/mol. The lowest BCUT2D eigenvalue weighted by molar-refractivity contribution is 0.231. The summed E-state index contributed by atoms with van der Waals surface area (Å²) in [6.45, 7) is 4.45. The molecule has 36 heavy (non-hydrogen) atoms. The van der Waals surface area contributed by atoms with Crippen LogP contribution in [0, 0.1) is 11.8 Å². The van der Waals surface area contributed by atoms with Crippen molar-refractivity contribution in [3.05, 3.63) is 55.2 Å². The molecule has 4 atom stereocenters. The van der Waals surface area contributed by atoms with Gasteiger partial charge in [-0.1, -0.05) is 31.5 Å². The van der Waals surface area contributed by atoms with Crippen molar-refractivity contribution in [2.45, 2.75) is 51.6 Å². The molecule has 4 aromatic rings. The quantitative estimate of drug-likeness (QED) is 0.387. The van der Waals surface area contributed by atoms with E-state index < -0.39 is 0 Å². The van der Waals surface area contributed by atoms with Crippen LogP contribution in [-0.2, 0) is 14.1 Å². The number of aryl methyl sites for hydroxylation is 2. The summed E-state index contributed by atoms with van der Waals surface area (Å²) in [5.74, 6) is 2.61. The second-order valence-electron chi connectivity index (χ2n) is 10.4. The molecule has 0 amide bonds. The largest absolute Gasteiger partial charge is 0.366 e. The van der Waals surface area contributed by atoms with Gasteiger partial charge in [-0.05, 0) is 49.7 Å². The van der Waals surface area contributed by atoms with Gasteiger partial charge in [-0.3, -0.25) is 9.36 Å². The van der Waals surface area contributed by atoms with E-state index in [1.54, 1.807) is 0 Å². The maximum atomic E-state index is 6.24. The second kappa shape index (κ2) is 10.2. The van der Waals surface area contributed by atoms with Gasteiger partial charge in [0.1, 0.15) is 5.82 Å². The SMILES string of the molecule is CC(N)CC1CCCC(C)C1Nc1nc(-c2cccc(-c3cnn(C)c3)c2)ncc1-c1cnn(C)c1. The van der Waals surface area contributed by atoms with Gasteiger partial charge in [-0.25, -0.2) is 9.97 Å². The third-order valence-electron chi connectivity index (χ3n) is 7.30. The van der Waals surface area contributed by atoms with Crippen LogP contribution in [0.5, 0.6) is 0 Å². The van der Waals surface area contributed by atoms with Gasteiger partial charge in [-0.15, -0.1) is 0 Å². The zero-order chi connectivity index (χ0) is 25.2. The normalized spacial score (nSPS) is 20.9. The summed E-state index contributed by atoms with van der Waals surface area (Å²) in [4.78, 5) is 9.89. The number of hydrogen-bond donors (Lipinski definition) is 2. The molecule has 0 saturated heterocycles. The Balaban J connectivity index is 1.54. The molecule has 0 bridgehead atoms. The first-order chi connectivity index (χ1) is 17.4. The number of rotatable bonds is 7. The second-order valence-corrected chi connectivity index (χ2v) is 10.4. The zero-order valence-electron chi connectivity index (χ0n) is 21.6. The number of nitrogens with two attached hydrogens (primary N) is 1. The monoisotopic (exact) mass is 484 g/mol. The van der Waals surface area contributed by atoms with Gasteiger partial charge in [-0.2, -0.15) is 10.2 Å². The van der Waals surface area contributed by atoms with Crippen molar-refractivity contribution in [2.75, 3.05) is 5.32 Å². The van der Waals surface area contributed by atoms with Gasteiger partial charge in [0.25, 0.3) is 0 Å². The highest BCUT2D eigenvalue weighted by Crippen LogP contribution is 2.37. The van der Waals surface area contributed by atoms with Crippen LogP contribution in [0.4, 0.5) is 5.82 Å². The van der Waals surface area contributed by atoms with Crippen LogP contribution in [0.25, 0.3) is 33.6 Å². The van der Waals surface area contributed by atoms with Gasteiger partial charge < -0.3 is 11.1 Å². The topological polar surface area (TPSA) is 99.5 Å². The molecule has 1 aliphatic rings. The van der Waals surface area contributed by atoms with E-state index in [0.29, 0.717) is 23.7 Å². The van der Waals surface area contributed by atoms with Crippen LogP contribution in [0.2, 0.25) is 0 Å². The van der Waals surface area contributed by atoms with Gasteiger partial charge in [0.15, 0.2) is 5.82 Å². The molecule has 0 radical (unpaired) electrons. The molecule has 5 rings (SSSR count). The Labute approximate surface area is 213 Å². The van der Waals surface area contributed by atoms with E-state index in [2.05, 4.69) is 47.6 Å². The Morgan fingerprint density at radius 3 is 2.42 bits per heavy atom. The predicted molar refractivity (Wildman–Crippen MR) is 144 cm³/mol. The number of aromatic nitrogens is 6. The summed E-state index contributed by atoms with van der Waals surface area (Å²) in [6, 6.07) is 8.81. The van der Waals surface area contributed by atoms with E-state index in [9.17, 15) is 0 Å². The van der Waals surface area contributed by atoms with Crippen LogP contribution in [0.15, 0.2) is 55.2 Å².